The topological polar surface area (TPSA) is 4.93 Å². The van der Waals surface area contributed by atoms with Crippen molar-refractivity contribution in [2.24, 2.45) is 0 Å². The van der Waals surface area contributed by atoms with Gasteiger partial charge in [-0.25, -0.2) is 0 Å². The lowest BCUT2D eigenvalue weighted by Crippen LogP contribution is -1.96. The summed E-state index contributed by atoms with van der Waals surface area (Å²) in [6.45, 7) is 0.756. The fraction of sp³-hybridized carbons (Fsp3) is 0.0909. The van der Waals surface area contributed by atoms with Gasteiger partial charge in [0.1, 0.15) is 0 Å². The molecule has 0 unspecified atom stereocenters. The van der Waals surface area contributed by atoms with Crippen LogP contribution in [-0.4, -0.2) is 4.57 Å². The molecule has 2 rings (SSSR count). The van der Waals surface area contributed by atoms with Gasteiger partial charge in [0, 0.05) is 18.9 Å². The number of hydrogen-bond donors (Lipinski definition) is 0. The first-order valence-corrected chi connectivity index (χ1v) is 5.06. The van der Waals surface area contributed by atoms with Gasteiger partial charge in [-0.3, -0.25) is 0 Å². The van der Waals surface area contributed by atoms with Gasteiger partial charge in [0.15, 0.2) is 0 Å². The second-order valence-corrected chi connectivity index (χ2v) is 3.85. The van der Waals surface area contributed by atoms with Crippen molar-refractivity contribution in [3.05, 3.63) is 58.3 Å². The molecule has 14 heavy (non-hydrogen) atoms. The second-order valence-electron chi connectivity index (χ2n) is 3.07. The second kappa shape index (κ2) is 4.07. The number of nitrogens with zero attached hydrogens (tertiary/aromatic N) is 1. The summed E-state index contributed by atoms with van der Waals surface area (Å²) >= 11 is 12.0. The maximum absolute atomic E-state index is 6.06. The number of hydrogen-bond acceptors (Lipinski definition) is 0. The first-order valence-electron chi connectivity index (χ1n) is 4.31. The number of halogens is 2. The third-order valence-electron chi connectivity index (χ3n) is 2.05. The van der Waals surface area contributed by atoms with E-state index in [1.807, 2.05) is 36.7 Å². The Balaban J connectivity index is 2.29. The van der Waals surface area contributed by atoms with Gasteiger partial charge in [-0.05, 0) is 23.8 Å². The molecule has 0 aliphatic rings. The van der Waals surface area contributed by atoms with E-state index >= 15 is 0 Å². The Morgan fingerprint density at radius 3 is 2.43 bits per heavy atom. The Morgan fingerprint density at radius 1 is 1.00 bits per heavy atom. The first-order chi connectivity index (χ1) is 6.77. The smallest absolute Gasteiger partial charge is 0.0642 e. The Kier molecular flexibility index (Phi) is 2.80. The highest BCUT2D eigenvalue weighted by Gasteiger charge is 2.03. The van der Waals surface area contributed by atoms with Gasteiger partial charge < -0.3 is 4.57 Å². The fourth-order valence-corrected chi connectivity index (χ4v) is 1.72. The summed E-state index contributed by atoms with van der Waals surface area (Å²) in [6.07, 6.45) is 3.99. The fourth-order valence-electron chi connectivity index (χ4n) is 1.34. The average Bonchev–Trinajstić information content (AvgIpc) is 2.66. The van der Waals surface area contributed by atoms with Crippen LogP contribution in [0.4, 0.5) is 0 Å². The van der Waals surface area contributed by atoms with Crippen LogP contribution in [0.3, 0.4) is 0 Å². The van der Waals surface area contributed by atoms with Crippen LogP contribution in [0.1, 0.15) is 5.56 Å². The minimum atomic E-state index is 0.608. The molecule has 1 heterocycles. The molecule has 0 saturated carbocycles. The van der Waals surface area contributed by atoms with Crippen molar-refractivity contribution in [1.29, 1.82) is 0 Å². The van der Waals surface area contributed by atoms with Crippen LogP contribution in [0.5, 0.6) is 0 Å². The molecule has 0 radical (unpaired) electrons. The monoisotopic (exact) mass is 225 g/mol. The van der Waals surface area contributed by atoms with Crippen LogP contribution in [0, 0.1) is 0 Å². The highest BCUT2D eigenvalue weighted by molar-refractivity contribution is 6.42. The molecule has 0 amide bonds. The molecular formula is C11H9Cl2N. The highest BCUT2D eigenvalue weighted by Crippen LogP contribution is 2.25. The van der Waals surface area contributed by atoms with Crippen molar-refractivity contribution in [2.75, 3.05) is 0 Å². The predicted octanol–water partition coefficient (Wildman–Crippen LogP) is 3.84. The van der Waals surface area contributed by atoms with Crippen molar-refractivity contribution in [2.45, 2.75) is 6.54 Å². The van der Waals surface area contributed by atoms with Gasteiger partial charge in [0.2, 0.25) is 0 Å². The molecule has 0 bridgehead atoms. The molecule has 0 atom stereocenters. The number of aromatic nitrogens is 1. The minimum Gasteiger partial charge on any atom is -0.350 e. The van der Waals surface area contributed by atoms with Gasteiger partial charge in [-0.1, -0.05) is 35.3 Å². The van der Waals surface area contributed by atoms with E-state index in [1.165, 1.54) is 0 Å². The van der Waals surface area contributed by atoms with E-state index in [9.17, 15) is 0 Å². The lowest BCUT2D eigenvalue weighted by molar-refractivity contribution is 0.806. The largest absolute Gasteiger partial charge is 0.350 e. The third-order valence-corrected chi connectivity index (χ3v) is 2.91. The molecular weight excluding hydrogens is 217 g/mol. The number of benzene rings is 1. The van der Waals surface area contributed by atoms with Gasteiger partial charge in [0.05, 0.1) is 10.0 Å². The van der Waals surface area contributed by atoms with Gasteiger partial charge >= 0.3 is 0 Å². The van der Waals surface area contributed by atoms with Gasteiger partial charge in [-0.2, -0.15) is 0 Å². The van der Waals surface area contributed by atoms with E-state index in [-0.39, 0.29) is 0 Å². The standard InChI is InChI=1S/C11H9Cl2N/c12-10-5-3-4-9(11(10)13)8-14-6-1-2-7-14/h1-7H,8H2. The van der Waals surface area contributed by atoms with Crippen LogP contribution in [0.25, 0.3) is 0 Å². The average molecular weight is 226 g/mol. The molecule has 1 aromatic heterocycles. The van der Waals surface area contributed by atoms with E-state index in [4.69, 9.17) is 23.2 Å². The van der Waals surface area contributed by atoms with Crippen LogP contribution < -0.4 is 0 Å². The third kappa shape index (κ3) is 1.94. The van der Waals surface area contributed by atoms with Crippen LogP contribution >= 0.6 is 23.2 Å². The molecule has 0 fully saturated rings. The molecule has 1 nitrogen and oxygen atoms in total. The van der Waals surface area contributed by atoms with Crippen LogP contribution in [0.15, 0.2) is 42.7 Å². The Morgan fingerprint density at radius 2 is 1.71 bits per heavy atom. The summed E-state index contributed by atoms with van der Waals surface area (Å²) in [5, 5.41) is 1.25. The Hall–Kier alpha value is -0.920. The summed E-state index contributed by atoms with van der Waals surface area (Å²) < 4.78 is 2.05. The van der Waals surface area contributed by atoms with E-state index < -0.39 is 0 Å². The van der Waals surface area contributed by atoms with Crippen molar-refractivity contribution in [3.8, 4) is 0 Å². The van der Waals surface area contributed by atoms with Crippen LogP contribution in [-0.2, 0) is 6.54 Å². The van der Waals surface area contributed by atoms with Crippen molar-refractivity contribution in [3.63, 3.8) is 0 Å². The van der Waals surface area contributed by atoms with E-state index in [0.29, 0.717) is 10.0 Å². The van der Waals surface area contributed by atoms with Crippen molar-refractivity contribution in [1.82, 2.24) is 4.57 Å². The van der Waals surface area contributed by atoms with Crippen molar-refractivity contribution < 1.29 is 0 Å². The summed E-state index contributed by atoms with van der Waals surface area (Å²) in [6, 6.07) is 9.65. The van der Waals surface area contributed by atoms with E-state index in [0.717, 1.165) is 12.1 Å². The molecule has 72 valence electrons. The zero-order valence-electron chi connectivity index (χ0n) is 7.45. The molecule has 2 aromatic rings. The normalized spacial score (nSPS) is 10.4. The number of rotatable bonds is 2. The Bertz CT molecular complexity index is 421. The minimum absolute atomic E-state index is 0.608. The molecule has 0 saturated heterocycles. The maximum atomic E-state index is 6.06. The van der Waals surface area contributed by atoms with Gasteiger partial charge in [-0.15, -0.1) is 0 Å². The quantitative estimate of drug-likeness (QED) is 0.733. The molecule has 3 heteroatoms. The van der Waals surface area contributed by atoms with Gasteiger partial charge in [0.25, 0.3) is 0 Å². The summed E-state index contributed by atoms with van der Waals surface area (Å²) in [7, 11) is 0. The lowest BCUT2D eigenvalue weighted by atomic mass is 10.2. The summed E-state index contributed by atoms with van der Waals surface area (Å²) in [5.41, 5.74) is 1.04. The molecule has 1 aromatic carbocycles. The molecule has 0 N–H and O–H groups in total. The maximum Gasteiger partial charge on any atom is 0.0642 e. The van der Waals surface area contributed by atoms with E-state index in [1.54, 1.807) is 6.07 Å². The first kappa shape index (κ1) is 9.63. The zero-order chi connectivity index (χ0) is 9.97. The lowest BCUT2D eigenvalue weighted by Gasteiger charge is -2.06. The zero-order valence-corrected chi connectivity index (χ0v) is 8.96. The predicted molar refractivity (Wildman–Crippen MR) is 60.0 cm³/mol. The summed E-state index contributed by atoms with van der Waals surface area (Å²) in [4.78, 5) is 0. The SMILES string of the molecule is Clc1cccc(Cn2cccc2)c1Cl. The highest BCUT2D eigenvalue weighted by atomic mass is 35.5. The molecule has 0 spiro atoms. The molecule has 0 aliphatic heterocycles. The van der Waals surface area contributed by atoms with Crippen molar-refractivity contribution >= 4 is 23.2 Å². The van der Waals surface area contributed by atoms with Crippen LogP contribution in [0.2, 0.25) is 10.0 Å². The Labute approximate surface area is 92.9 Å². The van der Waals surface area contributed by atoms with E-state index in [2.05, 4.69) is 4.57 Å². The molecule has 0 aliphatic carbocycles. The summed E-state index contributed by atoms with van der Waals surface area (Å²) in [5.74, 6) is 0.